The predicted molar refractivity (Wildman–Crippen MR) is 120 cm³/mol. The van der Waals surface area contributed by atoms with Gasteiger partial charge in [0.2, 0.25) is 11.8 Å². The van der Waals surface area contributed by atoms with E-state index < -0.39 is 10.0 Å². The molecule has 1 amide bonds. The molecule has 0 unspecified atom stereocenters. The number of sulfonamides is 1. The van der Waals surface area contributed by atoms with E-state index >= 15 is 0 Å². The van der Waals surface area contributed by atoms with Crippen molar-refractivity contribution in [2.24, 2.45) is 0 Å². The molecule has 3 aromatic rings. The van der Waals surface area contributed by atoms with Crippen LogP contribution < -0.4 is 19.5 Å². The monoisotopic (exact) mass is 459 g/mol. The number of benzene rings is 2. The summed E-state index contributed by atoms with van der Waals surface area (Å²) in [4.78, 5) is 12.2. The highest BCUT2D eigenvalue weighted by Crippen LogP contribution is 2.23. The average Bonchev–Trinajstić information content (AvgIpc) is 3.09. The van der Waals surface area contributed by atoms with Crippen molar-refractivity contribution in [1.82, 2.24) is 5.16 Å². The Morgan fingerprint density at radius 3 is 2.28 bits per heavy atom. The van der Waals surface area contributed by atoms with Gasteiger partial charge in [-0.25, -0.2) is 13.1 Å². The zero-order valence-electron chi connectivity index (χ0n) is 18.0. The SMILES string of the molecule is COc1ccc(OCCCC(=O)Nc2ccc(S(=O)(=O)Nc3onc(C)c3C)cc2)cc1. The molecule has 0 aliphatic carbocycles. The molecule has 0 radical (unpaired) electrons. The Morgan fingerprint density at radius 2 is 1.69 bits per heavy atom. The van der Waals surface area contributed by atoms with Gasteiger partial charge in [-0.15, -0.1) is 0 Å². The number of nitrogens with one attached hydrogen (secondary N) is 2. The van der Waals surface area contributed by atoms with E-state index in [-0.39, 0.29) is 23.1 Å². The molecule has 170 valence electrons. The van der Waals surface area contributed by atoms with Crippen molar-refractivity contribution in [2.45, 2.75) is 31.6 Å². The van der Waals surface area contributed by atoms with Gasteiger partial charge in [-0.3, -0.25) is 4.79 Å². The summed E-state index contributed by atoms with van der Waals surface area (Å²) < 4.78 is 43.1. The van der Waals surface area contributed by atoms with E-state index in [1.54, 1.807) is 45.2 Å². The molecule has 1 heterocycles. The number of amides is 1. The largest absolute Gasteiger partial charge is 0.497 e. The number of hydrogen-bond acceptors (Lipinski definition) is 7. The minimum Gasteiger partial charge on any atom is -0.497 e. The smallest absolute Gasteiger partial charge is 0.264 e. The Kier molecular flexibility index (Phi) is 7.37. The second kappa shape index (κ2) is 10.2. The van der Waals surface area contributed by atoms with E-state index in [0.29, 0.717) is 35.7 Å². The van der Waals surface area contributed by atoms with Crippen LogP contribution in [-0.2, 0) is 14.8 Å². The minimum absolute atomic E-state index is 0.0387. The molecular formula is C22H25N3O6S. The number of ether oxygens (including phenoxy) is 2. The molecule has 1 aromatic heterocycles. The van der Waals surface area contributed by atoms with Crippen molar-refractivity contribution >= 4 is 27.5 Å². The Labute approximate surface area is 186 Å². The Hall–Kier alpha value is -3.53. The van der Waals surface area contributed by atoms with Gasteiger partial charge < -0.3 is 19.3 Å². The minimum atomic E-state index is -3.84. The molecule has 10 heteroatoms. The molecule has 0 spiro atoms. The lowest BCUT2D eigenvalue weighted by Gasteiger charge is -2.09. The van der Waals surface area contributed by atoms with Crippen molar-refractivity contribution < 1.29 is 27.2 Å². The molecule has 0 saturated carbocycles. The maximum absolute atomic E-state index is 12.5. The third-order valence-corrected chi connectivity index (χ3v) is 6.06. The van der Waals surface area contributed by atoms with E-state index in [0.717, 1.165) is 5.75 Å². The summed E-state index contributed by atoms with van der Waals surface area (Å²) in [6, 6.07) is 13.1. The van der Waals surface area contributed by atoms with Gasteiger partial charge in [-0.2, -0.15) is 0 Å². The first kappa shape index (κ1) is 23.1. The number of aromatic nitrogens is 1. The van der Waals surface area contributed by atoms with E-state index in [1.165, 1.54) is 24.3 Å². The van der Waals surface area contributed by atoms with Crippen LogP contribution in [0.2, 0.25) is 0 Å². The quantitative estimate of drug-likeness (QED) is 0.441. The van der Waals surface area contributed by atoms with Crippen LogP contribution >= 0.6 is 0 Å². The first-order valence-electron chi connectivity index (χ1n) is 9.91. The number of aryl methyl sites for hydroxylation is 1. The normalized spacial score (nSPS) is 11.1. The van der Waals surface area contributed by atoms with Gasteiger partial charge in [0.15, 0.2) is 0 Å². The second-order valence-electron chi connectivity index (χ2n) is 7.03. The number of methoxy groups -OCH3 is 1. The van der Waals surface area contributed by atoms with Crippen LogP contribution in [0.3, 0.4) is 0 Å². The van der Waals surface area contributed by atoms with Crippen LogP contribution in [0.1, 0.15) is 24.1 Å². The van der Waals surface area contributed by atoms with Crippen LogP contribution in [-0.4, -0.2) is 33.2 Å². The summed E-state index contributed by atoms with van der Waals surface area (Å²) in [6.07, 6.45) is 0.798. The van der Waals surface area contributed by atoms with Crippen LogP contribution in [0, 0.1) is 13.8 Å². The summed E-state index contributed by atoms with van der Waals surface area (Å²) in [5.41, 5.74) is 1.72. The summed E-state index contributed by atoms with van der Waals surface area (Å²) in [5.74, 6) is 1.34. The maximum Gasteiger partial charge on any atom is 0.264 e. The molecule has 3 rings (SSSR count). The zero-order chi connectivity index (χ0) is 23.1. The second-order valence-corrected chi connectivity index (χ2v) is 8.71. The third kappa shape index (κ3) is 6.01. The van der Waals surface area contributed by atoms with Crippen molar-refractivity contribution in [3.8, 4) is 11.5 Å². The summed E-state index contributed by atoms with van der Waals surface area (Å²) >= 11 is 0. The highest BCUT2D eigenvalue weighted by Gasteiger charge is 2.19. The first-order valence-corrected chi connectivity index (χ1v) is 11.4. The molecule has 0 atom stereocenters. The molecule has 0 aliphatic heterocycles. The van der Waals surface area contributed by atoms with Gasteiger partial charge in [0.05, 0.1) is 24.3 Å². The Bertz CT molecular complexity index is 1160. The highest BCUT2D eigenvalue weighted by atomic mass is 32.2. The first-order chi connectivity index (χ1) is 15.3. The lowest BCUT2D eigenvalue weighted by atomic mass is 10.2. The molecule has 32 heavy (non-hydrogen) atoms. The lowest BCUT2D eigenvalue weighted by Crippen LogP contribution is -2.14. The number of hydrogen-bond donors (Lipinski definition) is 2. The van der Waals surface area contributed by atoms with Crippen molar-refractivity contribution in [3.63, 3.8) is 0 Å². The third-order valence-electron chi connectivity index (χ3n) is 4.71. The van der Waals surface area contributed by atoms with Crippen LogP contribution in [0.4, 0.5) is 11.6 Å². The van der Waals surface area contributed by atoms with Gasteiger partial charge in [0.1, 0.15) is 11.5 Å². The molecular weight excluding hydrogens is 434 g/mol. The summed E-state index contributed by atoms with van der Waals surface area (Å²) in [7, 11) is -2.24. The zero-order valence-corrected chi connectivity index (χ0v) is 18.9. The standard InChI is InChI=1S/C22H25N3O6S/c1-15-16(2)24-31-22(15)25-32(27,28)20-12-6-17(7-13-20)23-21(26)5-4-14-30-19-10-8-18(29-3)9-11-19/h6-13,25H,4-5,14H2,1-3H3,(H,23,26). The molecule has 0 saturated heterocycles. The van der Waals surface area contributed by atoms with Crippen molar-refractivity contribution in [1.29, 1.82) is 0 Å². The number of anilines is 2. The van der Waals surface area contributed by atoms with Gasteiger partial charge in [0, 0.05) is 17.7 Å². The summed E-state index contributed by atoms with van der Waals surface area (Å²) in [6.45, 7) is 3.83. The maximum atomic E-state index is 12.5. The number of nitrogens with zero attached hydrogens (tertiary/aromatic N) is 1. The van der Waals surface area contributed by atoms with E-state index in [4.69, 9.17) is 14.0 Å². The number of carbonyl (C=O) groups is 1. The van der Waals surface area contributed by atoms with Gasteiger partial charge in [-0.1, -0.05) is 5.16 Å². The van der Waals surface area contributed by atoms with E-state index in [2.05, 4.69) is 15.2 Å². The highest BCUT2D eigenvalue weighted by molar-refractivity contribution is 7.92. The fourth-order valence-electron chi connectivity index (χ4n) is 2.73. The molecule has 0 aliphatic rings. The Morgan fingerprint density at radius 1 is 1.03 bits per heavy atom. The van der Waals surface area contributed by atoms with Gasteiger partial charge in [0.25, 0.3) is 10.0 Å². The molecule has 2 N–H and O–H groups in total. The van der Waals surface area contributed by atoms with Crippen LogP contribution in [0.15, 0.2) is 57.9 Å². The van der Waals surface area contributed by atoms with Crippen LogP contribution in [0.25, 0.3) is 0 Å². The number of rotatable bonds is 10. The number of carbonyl (C=O) groups excluding carboxylic acids is 1. The van der Waals surface area contributed by atoms with Crippen LogP contribution in [0.5, 0.6) is 11.5 Å². The van der Waals surface area contributed by atoms with Gasteiger partial charge >= 0.3 is 0 Å². The van der Waals surface area contributed by atoms with Crippen molar-refractivity contribution in [3.05, 3.63) is 59.8 Å². The Balaban J connectivity index is 1.47. The average molecular weight is 460 g/mol. The fraction of sp³-hybridized carbons (Fsp3) is 0.273. The molecule has 0 fully saturated rings. The van der Waals surface area contributed by atoms with E-state index in [9.17, 15) is 13.2 Å². The lowest BCUT2D eigenvalue weighted by molar-refractivity contribution is -0.116. The van der Waals surface area contributed by atoms with E-state index in [1.807, 2.05) is 0 Å². The molecule has 9 nitrogen and oxygen atoms in total. The fourth-order valence-corrected chi connectivity index (χ4v) is 3.77. The predicted octanol–water partition coefficient (Wildman–Crippen LogP) is 3.90. The summed E-state index contributed by atoms with van der Waals surface area (Å²) in [5, 5.41) is 6.47. The van der Waals surface area contributed by atoms with Crippen molar-refractivity contribution in [2.75, 3.05) is 23.8 Å². The topological polar surface area (TPSA) is 120 Å². The molecule has 0 bridgehead atoms. The van der Waals surface area contributed by atoms with Gasteiger partial charge in [-0.05, 0) is 68.8 Å². The molecule has 2 aromatic carbocycles.